The predicted molar refractivity (Wildman–Crippen MR) is 71.7 cm³/mol. The van der Waals surface area contributed by atoms with Crippen molar-refractivity contribution in [1.82, 2.24) is 0 Å². The van der Waals surface area contributed by atoms with Crippen molar-refractivity contribution in [2.45, 2.75) is 25.8 Å². The fraction of sp³-hybridized carbons (Fsp3) is 0.385. The van der Waals surface area contributed by atoms with Gasteiger partial charge in [-0.2, -0.15) is 0 Å². The van der Waals surface area contributed by atoms with Crippen molar-refractivity contribution in [3.05, 3.63) is 40.9 Å². The third kappa shape index (κ3) is 3.99. The Bertz CT molecular complexity index is 350. The van der Waals surface area contributed by atoms with E-state index in [9.17, 15) is 0 Å². The van der Waals surface area contributed by atoms with E-state index in [-0.39, 0.29) is 6.04 Å². The Morgan fingerprint density at radius 2 is 2.31 bits per heavy atom. The highest BCUT2D eigenvalue weighted by atomic mass is 79.9. The molecule has 2 N–H and O–H groups in total. The molecule has 0 amide bonds. The topological polar surface area (TPSA) is 35.2 Å². The normalized spacial score (nSPS) is 12.2. The van der Waals surface area contributed by atoms with Crippen molar-refractivity contribution in [1.29, 1.82) is 0 Å². The Morgan fingerprint density at radius 3 is 2.94 bits per heavy atom. The van der Waals surface area contributed by atoms with Gasteiger partial charge in [0.05, 0.1) is 6.61 Å². The van der Waals surface area contributed by atoms with Crippen LogP contribution in [0.15, 0.2) is 35.3 Å². The van der Waals surface area contributed by atoms with Crippen LogP contribution in [0, 0.1) is 0 Å². The van der Waals surface area contributed by atoms with Gasteiger partial charge in [0.15, 0.2) is 0 Å². The molecule has 0 bridgehead atoms. The van der Waals surface area contributed by atoms with Gasteiger partial charge >= 0.3 is 0 Å². The standard InChI is InChI=1S/C13H18BrNO/c1-3-4-5-8-16-13-7-6-11(14)9-12(13)10(2)15/h3,6-7,9-10H,1,4-5,8,15H2,2H3. The van der Waals surface area contributed by atoms with Crippen LogP contribution in [0.5, 0.6) is 5.75 Å². The largest absolute Gasteiger partial charge is 0.493 e. The number of hydrogen-bond acceptors (Lipinski definition) is 2. The van der Waals surface area contributed by atoms with E-state index in [2.05, 4.69) is 22.5 Å². The maximum Gasteiger partial charge on any atom is 0.124 e. The first-order chi connectivity index (χ1) is 7.65. The smallest absolute Gasteiger partial charge is 0.124 e. The highest BCUT2D eigenvalue weighted by Gasteiger charge is 2.08. The molecule has 1 aromatic rings. The SMILES string of the molecule is C=CCCCOc1ccc(Br)cc1C(C)N. The minimum atomic E-state index is -0.0214. The molecule has 0 fully saturated rings. The van der Waals surface area contributed by atoms with Crippen molar-refractivity contribution in [3.8, 4) is 5.75 Å². The summed E-state index contributed by atoms with van der Waals surface area (Å²) in [6.45, 7) is 6.34. The monoisotopic (exact) mass is 283 g/mol. The van der Waals surface area contributed by atoms with Gasteiger partial charge in [-0.3, -0.25) is 0 Å². The lowest BCUT2D eigenvalue weighted by molar-refractivity contribution is 0.307. The lowest BCUT2D eigenvalue weighted by atomic mass is 10.1. The second-order valence-electron chi connectivity index (χ2n) is 3.75. The number of allylic oxidation sites excluding steroid dienone is 1. The summed E-state index contributed by atoms with van der Waals surface area (Å²) in [5.74, 6) is 0.877. The van der Waals surface area contributed by atoms with E-state index in [0.717, 1.165) is 28.6 Å². The summed E-state index contributed by atoms with van der Waals surface area (Å²) in [5.41, 5.74) is 6.93. The van der Waals surface area contributed by atoms with E-state index in [4.69, 9.17) is 10.5 Å². The van der Waals surface area contributed by atoms with Gasteiger partial charge in [-0.05, 0) is 38.0 Å². The Labute approximate surface area is 106 Å². The second kappa shape index (κ2) is 6.71. The van der Waals surface area contributed by atoms with Gasteiger partial charge in [-0.25, -0.2) is 0 Å². The summed E-state index contributed by atoms with van der Waals surface area (Å²) in [7, 11) is 0. The fourth-order valence-electron chi connectivity index (χ4n) is 1.42. The van der Waals surface area contributed by atoms with E-state index in [1.165, 1.54) is 0 Å². The average molecular weight is 284 g/mol. The maximum absolute atomic E-state index is 5.90. The van der Waals surface area contributed by atoms with Gasteiger partial charge in [0, 0.05) is 16.1 Å². The molecular formula is C13H18BrNO. The second-order valence-corrected chi connectivity index (χ2v) is 4.67. The van der Waals surface area contributed by atoms with E-state index < -0.39 is 0 Å². The van der Waals surface area contributed by atoms with Gasteiger partial charge in [0.2, 0.25) is 0 Å². The Balaban J connectivity index is 2.67. The summed E-state index contributed by atoms with van der Waals surface area (Å²) in [5, 5.41) is 0. The lowest BCUT2D eigenvalue weighted by Crippen LogP contribution is -2.08. The van der Waals surface area contributed by atoms with Crippen molar-refractivity contribution >= 4 is 15.9 Å². The first-order valence-corrected chi connectivity index (χ1v) is 6.23. The zero-order chi connectivity index (χ0) is 12.0. The van der Waals surface area contributed by atoms with Crippen molar-refractivity contribution in [2.75, 3.05) is 6.61 Å². The summed E-state index contributed by atoms with van der Waals surface area (Å²) < 4.78 is 6.73. The van der Waals surface area contributed by atoms with Crippen molar-refractivity contribution in [3.63, 3.8) is 0 Å². The third-order valence-corrected chi connectivity index (χ3v) is 2.77. The minimum Gasteiger partial charge on any atom is -0.493 e. The summed E-state index contributed by atoms with van der Waals surface area (Å²) >= 11 is 3.43. The molecule has 0 radical (unpaired) electrons. The molecule has 0 aliphatic rings. The van der Waals surface area contributed by atoms with Crippen LogP contribution in [-0.2, 0) is 0 Å². The molecule has 2 nitrogen and oxygen atoms in total. The first-order valence-electron chi connectivity index (χ1n) is 5.44. The zero-order valence-electron chi connectivity index (χ0n) is 9.58. The Kier molecular flexibility index (Phi) is 5.56. The van der Waals surface area contributed by atoms with E-state index in [0.29, 0.717) is 6.61 Å². The molecule has 1 aromatic carbocycles. The fourth-order valence-corrected chi connectivity index (χ4v) is 1.80. The number of nitrogens with two attached hydrogens (primary N) is 1. The molecular weight excluding hydrogens is 266 g/mol. The number of halogens is 1. The summed E-state index contributed by atoms with van der Waals surface area (Å²) in [6, 6.07) is 5.91. The first kappa shape index (κ1) is 13.3. The van der Waals surface area contributed by atoms with Crippen LogP contribution >= 0.6 is 15.9 Å². The molecule has 0 aliphatic carbocycles. The van der Waals surface area contributed by atoms with Crippen LogP contribution in [0.1, 0.15) is 31.4 Å². The van der Waals surface area contributed by atoms with Crippen LogP contribution < -0.4 is 10.5 Å². The molecule has 16 heavy (non-hydrogen) atoms. The van der Waals surface area contributed by atoms with Gasteiger partial charge < -0.3 is 10.5 Å². The highest BCUT2D eigenvalue weighted by Crippen LogP contribution is 2.27. The molecule has 3 heteroatoms. The van der Waals surface area contributed by atoms with Gasteiger partial charge in [0.1, 0.15) is 5.75 Å². The average Bonchev–Trinajstić information content (AvgIpc) is 2.26. The summed E-state index contributed by atoms with van der Waals surface area (Å²) in [4.78, 5) is 0. The minimum absolute atomic E-state index is 0.0214. The Hall–Kier alpha value is -0.800. The zero-order valence-corrected chi connectivity index (χ0v) is 11.2. The third-order valence-electron chi connectivity index (χ3n) is 2.27. The molecule has 0 saturated heterocycles. The number of unbranched alkanes of at least 4 members (excludes halogenated alkanes) is 1. The quantitative estimate of drug-likeness (QED) is 0.636. The van der Waals surface area contributed by atoms with Crippen LogP contribution in [0.25, 0.3) is 0 Å². The molecule has 1 rings (SSSR count). The lowest BCUT2D eigenvalue weighted by Gasteiger charge is -2.14. The maximum atomic E-state index is 5.90. The van der Waals surface area contributed by atoms with Gasteiger partial charge in [0.25, 0.3) is 0 Å². The molecule has 0 heterocycles. The Morgan fingerprint density at radius 1 is 1.56 bits per heavy atom. The molecule has 88 valence electrons. The highest BCUT2D eigenvalue weighted by molar-refractivity contribution is 9.10. The number of ether oxygens (including phenoxy) is 1. The molecule has 0 spiro atoms. The van der Waals surface area contributed by atoms with E-state index in [1.807, 2.05) is 31.2 Å². The van der Waals surface area contributed by atoms with E-state index in [1.54, 1.807) is 0 Å². The predicted octanol–water partition coefficient (Wildman–Crippen LogP) is 3.81. The molecule has 0 aromatic heterocycles. The van der Waals surface area contributed by atoms with Crippen LogP contribution in [0.2, 0.25) is 0 Å². The molecule has 1 atom stereocenters. The van der Waals surface area contributed by atoms with Crippen molar-refractivity contribution < 1.29 is 4.74 Å². The molecule has 0 aliphatic heterocycles. The van der Waals surface area contributed by atoms with Crippen molar-refractivity contribution in [2.24, 2.45) is 5.73 Å². The number of hydrogen-bond donors (Lipinski definition) is 1. The van der Waals surface area contributed by atoms with Crippen LogP contribution in [0.3, 0.4) is 0 Å². The van der Waals surface area contributed by atoms with Crippen LogP contribution in [0.4, 0.5) is 0 Å². The van der Waals surface area contributed by atoms with Crippen LogP contribution in [-0.4, -0.2) is 6.61 Å². The van der Waals surface area contributed by atoms with Gasteiger partial charge in [-0.15, -0.1) is 6.58 Å². The molecule has 1 unspecified atom stereocenters. The van der Waals surface area contributed by atoms with Gasteiger partial charge in [-0.1, -0.05) is 22.0 Å². The number of rotatable bonds is 6. The number of benzene rings is 1. The molecule has 0 saturated carbocycles. The summed E-state index contributed by atoms with van der Waals surface area (Å²) in [6.07, 6.45) is 3.86. The van der Waals surface area contributed by atoms with E-state index >= 15 is 0 Å².